The monoisotopic (exact) mass is 387 g/mol. The highest BCUT2D eigenvalue weighted by Gasteiger charge is 2.51. The van der Waals surface area contributed by atoms with Gasteiger partial charge in [0.25, 0.3) is 0 Å². The molecule has 6 unspecified atom stereocenters. The zero-order chi connectivity index (χ0) is 19.6. The summed E-state index contributed by atoms with van der Waals surface area (Å²) in [6, 6.07) is 0. The van der Waals surface area contributed by atoms with Crippen LogP contribution in [0.3, 0.4) is 0 Å². The molecule has 2 nitrogen and oxygen atoms in total. The predicted molar refractivity (Wildman–Crippen MR) is 118 cm³/mol. The fourth-order valence-corrected chi connectivity index (χ4v) is 7.15. The number of ether oxygens (including phenoxy) is 1. The standard InChI is InChI=1S/C27H33NO/c1-27(2)19-11-5-3-9-17(19)25-20(27)12-7-13-21(25)28-22-14-8-16-24-26(22)18-10-4-6-15-23(18)29-24/h6-9,13-16,18-20,23-24,26,28H,3-5,10-12H2,1-2H3. The Morgan fingerprint density at radius 1 is 1.03 bits per heavy atom. The van der Waals surface area contributed by atoms with Crippen LogP contribution in [0.4, 0.5) is 0 Å². The van der Waals surface area contributed by atoms with Crippen LogP contribution in [0.25, 0.3) is 0 Å². The Morgan fingerprint density at radius 3 is 2.90 bits per heavy atom. The molecule has 0 aromatic rings. The molecule has 6 rings (SSSR count). The van der Waals surface area contributed by atoms with Gasteiger partial charge in [-0.25, -0.2) is 0 Å². The molecule has 0 spiro atoms. The smallest absolute Gasteiger partial charge is 0.0853 e. The minimum Gasteiger partial charge on any atom is -0.366 e. The molecule has 0 aromatic carbocycles. The molecule has 0 aromatic heterocycles. The molecule has 6 aliphatic rings. The van der Waals surface area contributed by atoms with E-state index < -0.39 is 0 Å². The van der Waals surface area contributed by atoms with Gasteiger partial charge < -0.3 is 10.1 Å². The second-order valence-corrected chi connectivity index (χ2v) is 10.4. The molecule has 5 aliphatic carbocycles. The van der Waals surface area contributed by atoms with Crippen LogP contribution >= 0.6 is 0 Å². The van der Waals surface area contributed by atoms with Crippen LogP contribution in [-0.2, 0) is 4.74 Å². The lowest BCUT2D eigenvalue weighted by Crippen LogP contribution is -2.33. The minimum atomic E-state index is 0.218. The molecule has 0 radical (unpaired) electrons. The van der Waals surface area contributed by atoms with Crippen molar-refractivity contribution in [3.8, 4) is 0 Å². The van der Waals surface area contributed by atoms with E-state index in [1.807, 2.05) is 0 Å². The van der Waals surface area contributed by atoms with Gasteiger partial charge in [0.2, 0.25) is 0 Å². The summed E-state index contributed by atoms with van der Waals surface area (Å²) >= 11 is 0. The van der Waals surface area contributed by atoms with E-state index in [0.717, 1.165) is 5.92 Å². The van der Waals surface area contributed by atoms with E-state index in [1.165, 1.54) is 49.9 Å². The average Bonchev–Trinajstić information content (AvgIpc) is 3.23. The SMILES string of the molecule is CC1(C)C2CCCC=C2C2=C(NC3=CC=CC4OC5C=CCCC5C34)C=CCC21. The van der Waals surface area contributed by atoms with Crippen molar-refractivity contribution in [1.29, 1.82) is 0 Å². The number of rotatable bonds is 2. The Bertz CT molecular complexity index is 895. The second-order valence-electron chi connectivity index (χ2n) is 10.4. The zero-order valence-electron chi connectivity index (χ0n) is 17.7. The van der Waals surface area contributed by atoms with Crippen molar-refractivity contribution in [1.82, 2.24) is 5.32 Å². The molecule has 152 valence electrons. The van der Waals surface area contributed by atoms with Gasteiger partial charge in [-0.05, 0) is 79.1 Å². The van der Waals surface area contributed by atoms with E-state index in [9.17, 15) is 0 Å². The first-order valence-corrected chi connectivity index (χ1v) is 11.7. The molecular formula is C27H33NO. The highest BCUT2D eigenvalue weighted by molar-refractivity contribution is 5.52. The maximum absolute atomic E-state index is 6.39. The molecule has 1 heterocycles. The Balaban J connectivity index is 1.37. The molecule has 29 heavy (non-hydrogen) atoms. The molecule has 2 heteroatoms. The molecule has 1 aliphatic heterocycles. The molecular weight excluding hydrogens is 354 g/mol. The van der Waals surface area contributed by atoms with Crippen molar-refractivity contribution in [2.24, 2.45) is 29.1 Å². The van der Waals surface area contributed by atoms with Crippen LogP contribution in [0.2, 0.25) is 0 Å². The van der Waals surface area contributed by atoms with E-state index in [-0.39, 0.29) is 12.2 Å². The van der Waals surface area contributed by atoms with E-state index in [4.69, 9.17) is 4.74 Å². The molecule has 0 amide bonds. The number of allylic oxidation sites excluding steroid dienone is 8. The number of hydrogen-bond donors (Lipinski definition) is 1. The third kappa shape index (κ3) is 2.64. The lowest BCUT2D eigenvalue weighted by Gasteiger charge is -2.34. The maximum Gasteiger partial charge on any atom is 0.0853 e. The minimum absolute atomic E-state index is 0.218. The van der Waals surface area contributed by atoms with Crippen molar-refractivity contribution in [3.63, 3.8) is 0 Å². The molecule has 1 N–H and O–H groups in total. The van der Waals surface area contributed by atoms with Crippen LogP contribution in [0.1, 0.15) is 52.4 Å². The van der Waals surface area contributed by atoms with Crippen molar-refractivity contribution in [2.45, 2.75) is 64.6 Å². The van der Waals surface area contributed by atoms with Crippen molar-refractivity contribution < 1.29 is 4.74 Å². The summed E-state index contributed by atoms with van der Waals surface area (Å²) in [5.74, 6) is 2.43. The largest absolute Gasteiger partial charge is 0.366 e. The van der Waals surface area contributed by atoms with Gasteiger partial charge >= 0.3 is 0 Å². The summed E-state index contributed by atoms with van der Waals surface area (Å²) in [6.45, 7) is 5.02. The van der Waals surface area contributed by atoms with Crippen LogP contribution in [0.5, 0.6) is 0 Å². The van der Waals surface area contributed by atoms with Gasteiger partial charge in [-0.15, -0.1) is 0 Å². The van der Waals surface area contributed by atoms with E-state index in [2.05, 4.69) is 67.8 Å². The van der Waals surface area contributed by atoms with E-state index in [1.54, 1.807) is 11.1 Å². The van der Waals surface area contributed by atoms with Crippen LogP contribution in [-0.4, -0.2) is 12.2 Å². The van der Waals surface area contributed by atoms with Crippen LogP contribution in [0.15, 0.2) is 71.1 Å². The summed E-state index contributed by atoms with van der Waals surface area (Å²) < 4.78 is 6.39. The average molecular weight is 388 g/mol. The first kappa shape index (κ1) is 18.0. The number of fused-ring (bicyclic) bond motifs is 6. The van der Waals surface area contributed by atoms with Gasteiger partial charge in [-0.2, -0.15) is 0 Å². The normalized spacial score (nSPS) is 41.3. The summed E-state index contributed by atoms with van der Waals surface area (Å²) in [7, 11) is 0. The Morgan fingerprint density at radius 2 is 1.97 bits per heavy atom. The van der Waals surface area contributed by atoms with Crippen molar-refractivity contribution >= 4 is 0 Å². The van der Waals surface area contributed by atoms with Gasteiger partial charge in [0.15, 0.2) is 0 Å². The first-order chi connectivity index (χ1) is 14.1. The summed E-state index contributed by atoms with van der Waals surface area (Å²) in [6.07, 6.45) is 26.8. The molecule has 0 bridgehead atoms. The molecule has 1 saturated heterocycles. The quantitative estimate of drug-likeness (QED) is 0.589. The summed E-state index contributed by atoms with van der Waals surface area (Å²) in [4.78, 5) is 0. The van der Waals surface area contributed by atoms with Gasteiger partial charge in [0.1, 0.15) is 0 Å². The van der Waals surface area contributed by atoms with Gasteiger partial charge in [-0.3, -0.25) is 0 Å². The number of nitrogens with one attached hydrogen (secondary N) is 1. The Labute approximate surface area is 175 Å². The third-order valence-corrected chi connectivity index (χ3v) is 8.60. The molecule has 2 fully saturated rings. The lowest BCUT2D eigenvalue weighted by molar-refractivity contribution is 0.0816. The maximum atomic E-state index is 6.39. The van der Waals surface area contributed by atoms with Crippen molar-refractivity contribution in [3.05, 3.63) is 71.1 Å². The van der Waals surface area contributed by atoms with E-state index >= 15 is 0 Å². The third-order valence-electron chi connectivity index (χ3n) is 8.60. The first-order valence-electron chi connectivity index (χ1n) is 11.7. The summed E-state index contributed by atoms with van der Waals surface area (Å²) in [5.41, 5.74) is 6.36. The van der Waals surface area contributed by atoms with Crippen LogP contribution in [0, 0.1) is 29.1 Å². The number of hydrogen-bond acceptors (Lipinski definition) is 2. The Hall–Kier alpha value is -1.80. The van der Waals surface area contributed by atoms with Crippen LogP contribution < -0.4 is 5.32 Å². The van der Waals surface area contributed by atoms with Gasteiger partial charge in [0.05, 0.1) is 12.2 Å². The van der Waals surface area contributed by atoms with Crippen molar-refractivity contribution in [2.75, 3.05) is 0 Å². The van der Waals surface area contributed by atoms with E-state index in [0.29, 0.717) is 23.2 Å². The highest BCUT2D eigenvalue weighted by atomic mass is 16.5. The predicted octanol–water partition coefficient (Wildman–Crippen LogP) is 5.98. The lowest BCUT2D eigenvalue weighted by atomic mass is 9.70. The van der Waals surface area contributed by atoms with Gasteiger partial charge in [0, 0.05) is 23.2 Å². The molecule has 6 atom stereocenters. The zero-order valence-corrected chi connectivity index (χ0v) is 17.7. The summed E-state index contributed by atoms with van der Waals surface area (Å²) in [5, 5.41) is 3.96. The fourth-order valence-electron chi connectivity index (χ4n) is 7.15. The second kappa shape index (κ2) is 6.60. The highest BCUT2D eigenvalue weighted by Crippen LogP contribution is 2.60. The fraction of sp³-hybridized carbons (Fsp3) is 0.556. The molecule has 1 saturated carbocycles. The Kier molecular flexibility index (Phi) is 4.10. The van der Waals surface area contributed by atoms with Gasteiger partial charge in [-0.1, -0.05) is 50.3 Å². The topological polar surface area (TPSA) is 21.3 Å².